The number of rotatable bonds is 2. The number of anilines is 1. The number of nitriles is 1. The van der Waals surface area contributed by atoms with E-state index in [1.165, 1.54) is 10.9 Å². The van der Waals surface area contributed by atoms with Crippen molar-refractivity contribution in [3.05, 3.63) is 46.1 Å². The van der Waals surface area contributed by atoms with Crippen molar-refractivity contribution in [2.45, 2.75) is 24.9 Å². The Balaban J connectivity index is 2.00. The Hall–Kier alpha value is -1.94. The van der Waals surface area contributed by atoms with E-state index in [0.29, 0.717) is 5.82 Å². The van der Waals surface area contributed by atoms with Crippen LogP contribution in [0.5, 0.6) is 0 Å². The van der Waals surface area contributed by atoms with Crippen molar-refractivity contribution in [1.82, 2.24) is 9.78 Å². The van der Waals surface area contributed by atoms with Crippen LogP contribution in [0.4, 0.5) is 14.6 Å². The lowest BCUT2D eigenvalue weighted by atomic mass is 9.97. The third kappa shape index (κ3) is 2.51. The molecule has 0 bridgehead atoms. The van der Waals surface area contributed by atoms with Gasteiger partial charge >= 0.3 is 0 Å². The summed E-state index contributed by atoms with van der Waals surface area (Å²) in [6.07, 6.45) is -0.990. The van der Waals surface area contributed by atoms with E-state index in [2.05, 4.69) is 26.3 Å². The smallest absolute Gasteiger partial charge is 0.260 e. The van der Waals surface area contributed by atoms with E-state index in [0.717, 1.165) is 10.0 Å². The van der Waals surface area contributed by atoms with Gasteiger partial charge < -0.3 is 5.32 Å². The summed E-state index contributed by atoms with van der Waals surface area (Å²) in [5, 5.41) is 16.1. The molecule has 0 saturated heterocycles. The van der Waals surface area contributed by atoms with E-state index in [4.69, 9.17) is 5.26 Å². The minimum Gasteiger partial charge on any atom is -0.362 e. The molecule has 2 atom stereocenters. The van der Waals surface area contributed by atoms with Crippen molar-refractivity contribution in [3.63, 3.8) is 0 Å². The molecule has 1 aromatic carbocycles. The second kappa shape index (κ2) is 5.45. The van der Waals surface area contributed by atoms with Crippen LogP contribution in [0.2, 0.25) is 0 Å². The standard InChI is InChI=1S/C14H11BrF2N4/c15-10-3-1-8(2-4-10)11-5-12(13(16)17)21-14(20-11)9(6-18)7-19-21/h1-4,7,11-13,20H,5H2/t11-,12+/m0/s1. The number of hydrogen-bond acceptors (Lipinski definition) is 3. The molecular weight excluding hydrogens is 342 g/mol. The Bertz CT molecular complexity index is 690. The summed E-state index contributed by atoms with van der Waals surface area (Å²) in [4.78, 5) is 0. The molecule has 0 saturated carbocycles. The molecular formula is C14H11BrF2N4. The van der Waals surface area contributed by atoms with E-state index in [-0.39, 0.29) is 18.0 Å². The van der Waals surface area contributed by atoms with Crippen molar-refractivity contribution in [2.24, 2.45) is 0 Å². The molecule has 0 amide bonds. The molecule has 0 spiro atoms. The number of alkyl halides is 2. The van der Waals surface area contributed by atoms with E-state index in [1.807, 2.05) is 30.3 Å². The van der Waals surface area contributed by atoms with E-state index in [1.54, 1.807) is 0 Å². The van der Waals surface area contributed by atoms with Gasteiger partial charge in [0.2, 0.25) is 0 Å². The zero-order valence-corrected chi connectivity index (χ0v) is 12.4. The summed E-state index contributed by atoms with van der Waals surface area (Å²) >= 11 is 3.35. The zero-order chi connectivity index (χ0) is 15.0. The van der Waals surface area contributed by atoms with Gasteiger partial charge in [0.1, 0.15) is 23.5 Å². The van der Waals surface area contributed by atoms with Crippen molar-refractivity contribution in [3.8, 4) is 6.07 Å². The van der Waals surface area contributed by atoms with Crippen molar-refractivity contribution in [1.29, 1.82) is 5.26 Å². The van der Waals surface area contributed by atoms with Crippen LogP contribution in [0.15, 0.2) is 34.9 Å². The summed E-state index contributed by atoms with van der Waals surface area (Å²) in [7, 11) is 0. The number of nitrogens with one attached hydrogen (secondary N) is 1. The van der Waals surface area contributed by atoms with Gasteiger partial charge in [0.05, 0.1) is 12.2 Å². The summed E-state index contributed by atoms with van der Waals surface area (Å²) in [6, 6.07) is 8.16. The molecule has 0 fully saturated rings. The fraction of sp³-hybridized carbons (Fsp3) is 0.286. The van der Waals surface area contributed by atoms with Crippen LogP contribution >= 0.6 is 15.9 Å². The van der Waals surface area contributed by atoms with Gasteiger partial charge in [-0.1, -0.05) is 28.1 Å². The normalized spacial score (nSPS) is 20.7. The molecule has 21 heavy (non-hydrogen) atoms. The quantitative estimate of drug-likeness (QED) is 0.892. The minimum absolute atomic E-state index is 0.221. The van der Waals surface area contributed by atoms with Crippen LogP contribution in [0.25, 0.3) is 0 Å². The predicted molar refractivity (Wildman–Crippen MR) is 77.1 cm³/mol. The van der Waals surface area contributed by atoms with E-state index < -0.39 is 12.5 Å². The van der Waals surface area contributed by atoms with Gasteiger partial charge in [-0.15, -0.1) is 0 Å². The first-order chi connectivity index (χ1) is 10.1. The highest BCUT2D eigenvalue weighted by Gasteiger charge is 2.35. The number of halogens is 3. The average molecular weight is 353 g/mol. The van der Waals surface area contributed by atoms with Crippen LogP contribution in [-0.2, 0) is 0 Å². The Morgan fingerprint density at radius 3 is 2.71 bits per heavy atom. The number of nitrogens with zero attached hydrogens (tertiary/aromatic N) is 3. The molecule has 0 radical (unpaired) electrons. The monoisotopic (exact) mass is 352 g/mol. The molecule has 2 aromatic rings. The molecule has 2 heterocycles. The molecule has 1 aliphatic rings. The Kier molecular flexibility index (Phi) is 3.64. The third-order valence-electron chi connectivity index (χ3n) is 3.58. The maximum Gasteiger partial charge on any atom is 0.260 e. The lowest BCUT2D eigenvalue weighted by Crippen LogP contribution is -2.31. The summed E-state index contributed by atoms with van der Waals surface area (Å²) in [5.74, 6) is 0.363. The zero-order valence-electron chi connectivity index (χ0n) is 10.8. The van der Waals surface area contributed by atoms with Crippen molar-refractivity contribution < 1.29 is 8.78 Å². The van der Waals surface area contributed by atoms with Crippen molar-refractivity contribution in [2.75, 3.05) is 5.32 Å². The van der Waals surface area contributed by atoms with E-state index >= 15 is 0 Å². The first-order valence-corrected chi connectivity index (χ1v) is 7.17. The Morgan fingerprint density at radius 2 is 2.10 bits per heavy atom. The van der Waals surface area contributed by atoms with E-state index in [9.17, 15) is 8.78 Å². The maximum absolute atomic E-state index is 13.3. The van der Waals surface area contributed by atoms with Gasteiger partial charge in [-0.2, -0.15) is 10.4 Å². The fourth-order valence-corrected chi connectivity index (χ4v) is 2.79. The van der Waals surface area contributed by atoms with Gasteiger partial charge in [-0.25, -0.2) is 13.5 Å². The molecule has 0 aliphatic carbocycles. The fourth-order valence-electron chi connectivity index (χ4n) is 2.53. The summed E-state index contributed by atoms with van der Waals surface area (Å²) in [5.41, 5.74) is 1.18. The van der Waals surface area contributed by atoms with Gasteiger partial charge in [0.25, 0.3) is 6.43 Å². The average Bonchev–Trinajstić information content (AvgIpc) is 2.89. The number of hydrogen-bond donors (Lipinski definition) is 1. The largest absolute Gasteiger partial charge is 0.362 e. The maximum atomic E-state index is 13.3. The van der Waals surface area contributed by atoms with Crippen LogP contribution in [0.1, 0.15) is 29.6 Å². The lowest BCUT2D eigenvalue weighted by molar-refractivity contribution is 0.0658. The van der Waals surface area contributed by atoms with Crippen molar-refractivity contribution >= 4 is 21.7 Å². The van der Waals surface area contributed by atoms with Gasteiger partial charge in [-0.3, -0.25) is 0 Å². The highest BCUT2D eigenvalue weighted by Crippen LogP contribution is 2.39. The van der Waals surface area contributed by atoms with Gasteiger partial charge in [0, 0.05) is 4.47 Å². The molecule has 108 valence electrons. The molecule has 4 nitrogen and oxygen atoms in total. The van der Waals surface area contributed by atoms with Crippen LogP contribution in [0.3, 0.4) is 0 Å². The molecule has 1 aromatic heterocycles. The van der Waals surface area contributed by atoms with Crippen LogP contribution < -0.4 is 5.32 Å². The first kappa shape index (κ1) is 14.0. The minimum atomic E-state index is -2.53. The van der Waals surface area contributed by atoms with Crippen LogP contribution in [0, 0.1) is 11.3 Å². The molecule has 7 heteroatoms. The second-order valence-electron chi connectivity index (χ2n) is 4.85. The number of fused-ring (bicyclic) bond motifs is 1. The molecule has 3 rings (SSSR count). The Labute approximate surface area is 128 Å². The second-order valence-corrected chi connectivity index (χ2v) is 5.76. The first-order valence-electron chi connectivity index (χ1n) is 6.38. The highest BCUT2D eigenvalue weighted by atomic mass is 79.9. The highest BCUT2D eigenvalue weighted by molar-refractivity contribution is 9.10. The number of benzene rings is 1. The predicted octanol–water partition coefficient (Wildman–Crippen LogP) is 3.88. The lowest BCUT2D eigenvalue weighted by Gasteiger charge is -2.32. The Morgan fingerprint density at radius 1 is 1.38 bits per heavy atom. The molecule has 1 aliphatic heterocycles. The van der Waals surface area contributed by atoms with Gasteiger partial charge in [-0.05, 0) is 24.1 Å². The molecule has 1 N–H and O–H groups in total. The number of aromatic nitrogens is 2. The summed E-state index contributed by atoms with van der Waals surface area (Å²) < 4.78 is 28.7. The topological polar surface area (TPSA) is 53.6 Å². The molecule has 0 unspecified atom stereocenters. The van der Waals surface area contributed by atoms with Gasteiger partial charge in [0.15, 0.2) is 0 Å². The van der Waals surface area contributed by atoms with Crippen LogP contribution in [-0.4, -0.2) is 16.2 Å². The summed E-state index contributed by atoms with van der Waals surface area (Å²) in [6.45, 7) is 0. The third-order valence-corrected chi connectivity index (χ3v) is 4.11. The SMILES string of the molecule is N#Cc1cnn2c1N[C@H](c1ccc(Br)cc1)C[C@@H]2C(F)F.